The normalized spacial score (nSPS) is 12.4. The lowest BCUT2D eigenvalue weighted by atomic mass is 9.86. The van der Waals surface area contributed by atoms with Crippen molar-refractivity contribution in [3.8, 4) is 102 Å². The van der Waals surface area contributed by atoms with E-state index in [4.69, 9.17) is 19.7 Å². The Hall–Kier alpha value is -7.94. The maximum atomic E-state index is 9.55. The highest BCUT2D eigenvalue weighted by atomic mass is 16.5. The van der Waals surface area contributed by atoms with Crippen molar-refractivity contribution in [3.05, 3.63) is 205 Å². The van der Waals surface area contributed by atoms with Crippen molar-refractivity contribution in [3.63, 3.8) is 0 Å². The molecule has 9 aromatic rings. The third kappa shape index (κ3) is 7.01. The second-order valence-corrected chi connectivity index (χ2v) is 15.6. The Morgan fingerprint density at radius 3 is 1.27 bits per heavy atom. The fourth-order valence-electron chi connectivity index (χ4n) is 8.11. The predicted octanol–water partition coefficient (Wildman–Crippen LogP) is 13.7. The molecule has 8 aromatic carbocycles. The molecule has 1 aliphatic rings. The number of hydrogen-bond acceptors (Lipinski definition) is 5. The second kappa shape index (κ2) is 15.1. The Balaban J connectivity index is 1.21. The van der Waals surface area contributed by atoms with Crippen LogP contribution in [0.1, 0.15) is 25.0 Å². The highest BCUT2D eigenvalue weighted by Crippen LogP contribution is 2.46. The molecule has 5 nitrogen and oxygen atoms in total. The maximum absolute atomic E-state index is 9.55. The fourth-order valence-corrected chi connectivity index (χ4v) is 8.11. The van der Waals surface area contributed by atoms with Crippen LogP contribution in [0, 0.1) is 11.3 Å². The van der Waals surface area contributed by atoms with E-state index < -0.39 is 5.60 Å². The quantitative estimate of drug-likeness (QED) is 0.161. The van der Waals surface area contributed by atoms with Gasteiger partial charge in [0.25, 0.3) is 0 Å². The third-order valence-electron chi connectivity index (χ3n) is 11.2. The van der Waals surface area contributed by atoms with E-state index in [9.17, 15) is 5.26 Å². The molecule has 0 saturated heterocycles. The Kier molecular flexibility index (Phi) is 9.16. The number of rotatable bonds is 7. The van der Waals surface area contributed by atoms with Crippen LogP contribution in [0.2, 0.25) is 0 Å². The summed E-state index contributed by atoms with van der Waals surface area (Å²) in [6.07, 6.45) is 0. The van der Waals surface area contributed by atoms with Gasteiger partial charge in [0.1, 0.15) is 11.4 Å². The Labute approximate surface area is 350 Å². The van der Waals surface area contributed by atoms with E-state index in [1.807, 2.05) is 66.7 Å². The summed E-state index contributed by atoms with van der Waals surface area (Å²) in [5.41, 5.74) is 14.4. The van der Waals surface area contributed by atoms with Gasteiger partial charge in [-0.05, 0) is 131 Å². The van der Waals surface area contributed by atoms with E-state index in [0.717, 1.165) is 83.6 Å². The van der Waals surface area contributed by atoms with Gasteiger partial charge in [0.15, 0.2) is 17.5 Å². The van der Waals surface area contributed by atoms with Crippen molar-refractivity contribution < 1.29 is 4.74 Å². The molecule has 1 aliphatic heterocycles. The van der Waals surface area contributed by atoms with Crippen molar-refractivity contribution in [2.75, 3.05) is 0 Å². The lowest BCUT2D eigenvalue weighted by Gasteiger charge is -2.35. The molecule has 5 heteroatoms. The van der Waals surface area contributed by atoms with Gasteiger partial charge < -0.3 is 4.74 Å². The van der Waals surface area contributed by atoms with Gasteiger partial charge in [0.2, 0.25) is 0 Å². The van der Waals surface area contributed by atoms with Gasteiger partial charge in [-0.3, -0.25) is 0 Å². The first-order chi connectivity index (χ1) is 29.4. The average molecular weight is 771 g/mol. The SMILES string of the molecule is CC1(C)Oc2ccc(-c3nc(-c4cc(-c5ccccc5)cc(-c5ccccc5)c4)nc(-c4cc(-c5ccccc5)cc(-c5ccc(C#N)cc5)c4)n3)cc2-c2ccccc21. The second-order valence-electron chi connectivity index (χ2n) is 15.6. The highest BCUT2D eigenvalue weighted by Gasteiger charge is 2.32. The minimum absolute atomic E-state index is 0.477. The largest absolute Gasteiger partial charge is 0.482 e. The number of nitrogens with zero attached hydrogens (tertiary/aromatic N) is 4. The molecule has 0 unspecified atom stereocenters. The molecule has 0 bridgehead atoms. The van der Waals surface area contributed by atoms with Crippen LogP contribution in [-0.4, -0.2) is 15.0 Å². The van der Waals surface area contributed by atoms with Crippen LogP contribution in [0.5, 0.6) is 5.75 Å². The molecule has 0 aliphatic carbocycles. The summed E-state index contributed by atoms with van der Waals surface area (Å²) in [7, 11) is 0. The van der Waals surface area contributed by atoms with Crippen molar-refractivity contribution in [1.29, 1.82) is 5.26 Å². The zero-order valence-electron chi connectivity index (χ0n) is 33.2. The van der Waals surface area contributed by atoms with Crippen molar-refractivity contribution in [2.45, 2.75) is 19.4 Å². The highest BCUT2D eigenvalue weighted by molar-refractivity contribution is 5.84. The third-order valence-corrected chi connectivity index (χ3v) is 11.2. The molecule has 10 rings (SSSR count). The van der Waals surface area contributed by atoms with Crippen LogP contribution >= 0.6 is 0 Å². The van der Waals surface area contributed by atoms with Gasteiger partial charge >= 0.3 is 0 Å². The number of nitriles is 1. The first kappa shape index (κ1) is 36.4. The maximum Gasteiger partial charge on any atom is 0.164 e. The van der Waals surface area contributed by atoms with Gasteiger partial charge in [0, 0.05) is 27.8 Å². The zero-order valence-corrected chi connectivity index (χ0v) is 33.2. The van der Waals surface area contributed by atoms with Crippen LogP contribution in [0.4, 0.5) is 0 Å². The van der Waals surface area contributed by atoms with Gasteiger partial charge in [0.05, 0.1) is 11.6 Å². The monoisotopic (exact) mass is 770 g/mol. The summed E-state index contributed by atoms with van der Waals surface area (Å²) in [6, 6.07) is 68.8. The van der Waals surface area contributed by atoms with E-state index in [2.05, 4.69) is 147 Å². The van der Waals surface area contributed by atoms with Crippen molar-refractivity contribution >= 4 is 0 Å². The van der Waals surface area contributed by atoms with Crippen molar-refractivity contribution in [1.82, 2.24) is 15.0 Å². The van der Waals surface area contributed by atoms with Crippen LogP contribution in [-0.2, 0) is 5.60 Å². The van der Waals surface area contributed by atoms with E-state index in [-0.39, 0.29) is 0 Å². The molecular weight excluding hydrogens is 733 g/mol. The number of fused-ring (bicyclic) bond motifs is 3. The summed E-state index contributed by atoms with van der Waals surface area (Å²) in [5, 5.41) is 9.55. The number of aromatic nitrogens is 3. The average Bonchev–Trinajstić information content (AvgIpc) is 3.32. The molecule has 0 radical (unpaired) electrons. The summed E-state index contributed by atoms with van der Waals surface area (Å²) in [5.74, 6) is 2.48. The molecule has 60 heavy (non-hydrogen) atoms. The van der Waals surface area contributed by atoms with Gasteiger partial charge in [-0.15, -0.1) is 0 Å². The Morgan fingerprint density at radius 1 is 0.383 bits per heavy atom. The topological polar surface area (TPSA) is 71.7 Å². The number of ether oxygens (including phenoxy) is 1. The lowest BCUT2D eigenvalue weighted by molar-refractivity contribution is 0.106. The van der Waals surface area contributed by atoms with Gasteiger partial charge in [-0.2, -0.15) is 5.26 Å². The minimum Gasteiger partial charge on any atom is -0.482 e. The number of benzene rings is 8. The smallest absolute Gasteiger partial charge is 0.164 e. The van der Waals surface area contributed by atoms with Crippen LogP contribution in [0.15, 0.2) is 194 Å². The van der Waals surface area contributed by atoms with Gasteiger partial charge in [-0.25, -0.2) is 15.0 Å². The molecule has 2 heterocycles. The first-order valence-corrected chi connectivity index (χ1v) is 20.1. The predicted molar refractivity (Wildman–Crippen MR) is 242 cm³/mol. The molecular formula is C55H38N4O. The Morgan fingerprint density at radius 2 is 0.783 bits per heavy atom. The summed E-state index contributed by atoms with van der Waals surface area (Å²) >= 11 is 0. The molecule has 1 aromatic heterocycles. The summed E-state index contributed by atoms with van der Waals surface area (Å²) in [6.45, 7) is 4.21. The summed E-state index contributed by atoms with van der Waals surface area (Å²) in [4.78, 5) is 15.9. The summed E-state index contributed by atoms with van der Waals surface area (Å²) < 4.78 is 6.59. The molecule has 0 spiro atoms. The van der Waals surface area contributed by atoms with Crippen molar-refractivity contribution in [2.24, 2.45) is 0 Å². The molecule has 0 N–H and O–H groups in total. The van der Waals surface area contributed by atoms with Crippen LogP contribution < -0.4 is 4.74 Å². The molecule has 0 fully saturated rings. The lowest BCUT2D eigenvalue weighted by Crippen LogP contribution is -2.29. The Bertz CT molecular complexity index is 3020. The van der Waals surface area contributed by atoms with Crippen LogP contribution in [0.3, 0.4) is 0 Å². The van der Waals surface area contributed by atoms with Gasteiger partial charge in [-0.1, -0.05) is 127 Å². The van der Waals surface area contributed by atoms with Crippen LogP contribution in [0.25, 0.3) is 89.8 Å². The molecule has 0 amide bonds. The zero-order chi connectivity index (χ0) is 40.6. The standard InChI is InChI=1S/C55H38N4O/c1-55(2)50-21-13-12-20-48(50)49-34-41(26-27-51(49)60-55)52-57-53(46-30-42(37-14-6-3-7-15-37)28-43(31-46)38-16-8-4-9-17-38)59-54(58-52)47-32-44(39-18-10-5-11-19-39)29-45(33-47)40-24-22-36(35-56)23-25-40/h3-34H,1-2H3. The van der Waals surface area contributed by atoms with E-state index in [1.54, 1.807) is 0 Å². The minimum atomic E-state index is -0.477. The molecule has 0 atom stereocenters. The molecule has 0 saturated carbocycles. The fraction of sp³-hybridized carbons (Fsp3) is 0.0545. The first-order valence-electron chi connectivity index (χ1n) is 20.1. The number of hydrogen-bond donors (Lipinski definition) is 0. The van der Waals surface area contributed by atoms with E-state index in [0.29, 0.717) is 23.0 Å². The van der Waals surface area contributed by atoms with E-state index >= 15 is 0 Å². The molecule has 284 valence electrons. The van der Waals surface area contributed by atoms with E-state index in [1.165, 1.54) is 0 Å².